The molecule has 23 heavy (non-hydrogen) atoms. The predicted octanol–water partition coefficient (Wildman–Crippen LogP) is 1.36. The molecular formula is C17H18N2O4. The van der Waals surface area contributed by atoms with Crippen LogP contribution in [-0.4, -0.2) is 31.6 Å². The van der Waals surface area contributed by atoms with Gasteiger partial charge < -0.3 is 20.5 Å². The van der Waals surface area contributed by atoms with Crippen molar-refractivity contribution in [3.63, 3.8) is 0 Å². The van der Waals surface area contributed by atoms with E-state index in [-0.39, 0.29) is 12.5 Å². The maximum Gasteiger partial charge on any atom is 0.255 e. The van der Waals surface area contributed by atoms with Crippen LogP contribution in [0, 0.1) is 0 Å². The van der Waals surface area contributed by atoms with Gasteiger partial charge in [0.2, 0.25) is 0 Å². The third-order valence-electron chi connectivity index (χ3n) is 2.88. The first-order valence-corrected chi connectivity index (χ1v) is 7.12. The second-order valence-electron chi connectivity index (χ2n) is 4.70. The van der Waals surface area contributed by atoms with Crippen molar-refractivity contribution in [3.05, 3.63) is 60.2 Å². The predicted molar refractivity (Wildman–Crippen MR) is 85.4 cm³/mol. The van der Waals surface area contributed by atoms with E-state index in [2.05, 4.69) is 5.32 Å². The molecule has 0 radical (unpaired) electrons. The lowest BCUT2D eigenvalue weighted by molar-refractivity contribution is -0.119. The zero-order valence-corrected chi connectivity index (χ0v) is 12.5. The summed E-state index contributed by atoms with van der Waals surface area (Å²) >= 11 is 0. The van der Waals surface area contributed by atoms with Gasteiger partial charge in [0.15, 0.2) is 6.61 Å². The second kappa shape index (κ2) is 8.43. The molecule has 0 aromatic heterocycles. The van der Waals surface area contributed by atoms with Crippen LogP contribution in [0.25, 0.3) is 0 Å². The minimum atomic E-state index is -0.571. The fourth-order valence-electron chi connectivity index (χ4n) is 1.83. The molecule has 0 saturated carbocycles. The van der Waals surface area contributed by atoms with Crippen molar-refractivity contribution in [1.82, 2.24) is 5.32 Å². The SMILES string of the molecule is NC(=O)COc1cccc(C(=O)NCCOc2ccccc2)c1. The summed E-state index contributed by atoms with van der Waals surface area (Å²) in [5.41, 5.74) is 5.45. The highest BCUT2D eigenvalue weighted by Crippen LogP contribution is 2.13. The smallest absolute Gasteiger partial charge is 0.255 e. The molecular weight excluding hydrogens is 296 g/mol. The van der Waals surface area contributed by atoms with Gasteiger partial charge in [-0.3, -0.25) is 9.59 Å². The van der Waals surface area contributed by atoms with Gasteiger partial charge >= 0.3 is 0 Å². The Morgan fingerprint density at radius 2 is 1.70 bits per heavy atom. The van der Waals surface area contributed by atoms with Crippen molar-refractivity contribution < 1.29 is 19.1 Å². The molecule has 120 valence electrons. The van der Waals surface area contributed by atoms with Crippen molar-refractivity contribution in [3.8, 4) is 11.5 Å². The van der Waals surface area contributed by atoms with E-state index < -0.39 is 5.91 Å². The number of amides is 2. The summed E-state index contributed by atoms with van der Waals surface area (Å²) in [5.74, 6) is 0.352. The lowest BCUT2D eigenvalue weighted by atomic mass is 10.2. The van der Waals surface area contributed by atoms with E-state index in [1.54, 1.807) is 24.3 Å². The molecule has 0 bridgehead atoms. The first-order valence-electron chi connectivity index (χ1n) is 7.12. The Hall–Kier alpha value is -3.02. The van der Waals surface area contributed by atoms with Crippen LogP contribution in [0.5, 0.6) is 11.5 Å². The summed E-state index contributed by atoms with van der Waals surface area (Å²) in [6.45, 7) is 0.518. The molecule has 0 unspecified atom stereocenters. The van der Waals surface area contributed by atoms with E-state index in [4.69, 9.17) is 15.2 Å². The minimum Gasteiger partial charge on any atom is -0.492 e. The van der Waals surface area contributed by atoms with Crippen LogP contribution >= 0.6 is 0 Å². The Bertz CT molecular complexity index is 659. The molecule has 2 aromatic carbocycles. The fourth-order valence-corrected chi connectivity index (χ4v) is 1.83. The zero-order chi connectivity index (χ0) is 16.5. The van der Waals surface area contributed by atoms with E-state index in [1.807, 2.05) is 30.3 Å². The maximum absolute atomic E-state index is 12.0. The van der Waals surface area contributed by atoms with E-state index >= 15 is 0 Å². The van der Waals surface area contributed by atoms with E-state index in [0.717, 1.165) is 5.75 Å². The Morgan fingerprint density at radius 3 is 2.43 bits per heavy atom. The quantitative estimate of drug-likeness (QED) is 0.720. The van der Waals surface area contributed by atoms with Gasteiger partial charge in [0.25, 0.3) is 11.8 Å². The Labute approximate surface area is 134 Å². The molecule has 6 nitrogen and oxygen atoms in total. The number of hydrogen-bond donors (Lipinski definition) is 2. The van der Waals surface area contributed by atoms with Gasteiger partial charge in [-0.25, -0.2) is 0 Å². The number of rotatable bonds is 8. The maximum atomic E-state index is 12.0. The van der Waals surface area contributed by atoms with E-state index in [9.17, 15) is 9.59 Å². The molecule has 0 aliphatic heterocycles. The number of nitrogens with two attached hydrogens (primary N) is 1. The third-order valence-corrected chi connectivity index (χ3v) is 2.88. The van der Waals surface area contributed by atoms with Gasteiger partial charge in [-0.2, -0.15) is 0 Å². The number of primary amides is 1. The van der Waals surface area contributed by atoms with Gasteiger partial charge in [0, 0.05) is 5.56 Å². The van der Waals surface area contributed by atoms with Crippen LogP contribution < -0.4 is 20.5 Å². The van der Waals surface area contributed by atoms with Gasteiger partial charge in [0.1, 0.15) is 18.1 Å². The molecule has 6 heteroatoms. The van der Waals surface area contributed by atoms with Gasteiger partial charge in [-0.1, -0.05) is 24.3 Å². The number of hydrogen-bond acceptors (Lipinski definition) is 4. The van der Waals surface area contributed by atoms with Crippen molar-refractivity contribution in [2.75, 3.05) is 19.8 Å². The largest absolute Gasteiger partial charge is 0.492 e. The van der Waals surface area contributed by atoms with Crippen LogP contribution in [0.15, 0.2) is 54.6 Å². The van der Waals surface area contributed by atoms with Crippen molar-refractivity contribution in [2.45, 2.75) is 0 Å². The molecule has 3 N–H and O–H groups in total. The van der Waals surface area contributed by atoms with E-state index in [1.165, 1.54) is 0 Å². The summed E-state index contributed by atoms with van der Waals surface area (Å²) in [4.78, 5) is 22.7. The molecule has 0 atom stereocenters. The van der Waals surface area contributed by atoms with Crippen LogP contribution in [0.2, 0.25) is 0 Å². The van der Waals surface area contributed by atoms with Crippen molar-refractivity contribution in [1.29, 1.82) is 0 Å². The number of nitrogens with one attached hydrogen (secondary N) is 1. The van der Waals surface area contributed by atoms with Crippen LogP contribution in [-0.2, 0) is 4.79 Å². The molecule has 2 rings (SSSR count). The third kappa shape index (κ3) is 5.70. The van der Waals surface area contributed by atoms with Crippen molar-refractivity contribution >= 4 is 11.8 Å². The summed E-state index contributed by atoms with van der Waals surface area (Å²) in [6.07, 6.45) is 0. The molecule has 2 aromatic rings. The Balaban J connectivity index is 1.79. The topological polar surface area (TPSA) is 90.7 Å². The number of carbonyl (C=O) groups is 2. The average Bonchev–Trinajstić information content (AvgIpc) is 2.58. The number of ether oxygens (including phenoxy) is 2. The van der Waals surface area contributed by atoms with Gasteiger partial charge in [-0.05, 0) is 30.3 Å². The summed E-state index contributed by atoms with van der Waals surface area (Å²) < 4.78 is 10.7. The lowest BCUT2D eigenvalue weighted by Gasteiger charge is -2.09. The normalized spacial score (nSPS) is 9.91. The highest BCUT2D eigenvalue weighted by Gasteiger charge is 2.07. The first-order chi connectivity index (χ1) is 11.1. The summed E-state index contributed by atoms with van der Waals surface area (Å²) in [5, 5.41) is 2.75. The minimum absolute atomic E-state index is 0.226. The van der Waals surface area contributed by atoms with E-state index in [0.29, 0.717) is 24.5 Å². The molecule has 2 amide bonds. The summed E-state index contributed by atoms with van der Waals surface area (Å²) in [6, 6.07) is 15.9. The molecule has 0 aliphatic carbocycles. The lowest BCUT2D eigenvalue weighted by Crippen LogP contribution is -2.28. The van der Waals surface area contributed by atoms with Gasteiger partial charge in [-0.15, -0.1) is 0 Å². The number of carbonyl (C=O) groups excluding carboxylic acids is 2. The fraction of sp³-hybridized carbons (Fsp3) is 0.176. The molecule has 0 fully saturated rings. The van der Waals surface area contributed by atoms with Gasteiger partial charge in [0.05, 0.1) is 6.54 Å². The Kier molecular flexibility index (Phi) is 5.99. The van der Waals surface area contributed by atoms with Crippen LogP contribution in [0.4, 0.5) is 0 Å². The van der Waals surface area contributed by atoms with Crippen LogP contribution in [0.3, 0.4) is 0 Å². The highest BCUT2D eigenvalue weighted by atomic mass is 16.5. The number of para-hydroxylation sites is 1. The number of benzene rings is 2. The Morgan fingerprint density at radius 1 is 0.957 bits per heavy atom. The first kappa shape index (κ1) is 16.4. The monoisotopic (exact) mass is 314 g/mol. The molecule has 0 aliphatic rings. The zero-order valence-electron chi connectivity index (χ0n) is 12.5. The average molecular weight is 314 g/mol. The molecule has 0 saturated heterocycles. The van der Waals surface area contributed by atoms with Crippen molar-refractivity contribution in [2.24, 2.45) is 5.73 Å². The second-order valence-corrected chi connectivity index (χ2v) is 4.70. The molecule has 0 spiro atoms. The van der Waals surface area contributed by atoms with Crippen LogP contribution in [0.1, 0.15) is 10.4 Å². The standard InChI is InChI=1S/C17H18N2O4/c18-16(20)12-23-15-8-4-5-13(11-15)17(21)19-9-10-22-14-6-2-1-3-7-14/h1-8,11H,9-10,12H2,(H2,18,20)(H,19,21). The highest BCUT2D eigenvalue weighted by molar-refractivity contribution is 5.94. The molecule has 0 heterocycles. The summed E-state index contributed by atoms with van der Waals surface area (Å²) in [7, 11) is 0.